The lowest BCUT2D eigenvalue weighted by molar-refractivity contribution is 0.506. The Morgan fingerprint density at radius 3 is 3.06 bits per heavy atom. The van der Waals surface area contributed by atoms with E-state index in [1.54, 1.807) is 5.57 Å². The van der Waals surface area contributed by atoms with Gasteiger partial charge in [0.15, 0.2) is 0 Å². The summed E-state index contributed by atoms with van der Waals surface area (Å²) in [6.45, 7) is 0. The van der Waals surface area contributed by atoms with Crippen LogP contribution in [-0.2, 0) is 0 Å². The standard InChI is InChI=1S/C17H17N/c1-3-7-15-12(5-1)9-10-14-11-13-6-2-4-8-16(13)18-17(14)15/h2,4,6,8,10-12H,1,3,5,7,9H2. The molecule has 90 valence electrons. The predicted molar refractivity (Wildman–Crippen MR) is 75.4 cm³/mol. The molecular weight excluding hydrogens is 218 g/mol. The minimum Gasteiger partial charge on any atom is -0.248 e. The van der Waals surface area contributed by atoms with Gasteiger partial charge in [0, 0.05) is 5.39 Å². The van der Waals surface area contributed by atoms with Gasteiger partial charge in [0.25, 0.3) is 0 Å². The van der Waals surface area contributed by atoms with E-state index in [0.29, 0.717) is 0 Å². The Kier molecular flexibility index (Phi) is 2.26. The number of pyridine rings is 1. The molecule has 1 heterocycles. The fourth-order valence-electron chi connectivity index (χ4n) is 3.47. The molecule has 0 bridgehead atoms. The third kappa shape index (κ3) is 1.50. The van der Waals surface area contributed by atoms with Crippen molar-refractivity contribution >= 4 is 22.6 Å². The molecule has 1 saturated carbocycles. The molecule has 1 fully saturated rings. The maximum absolute atomic E-state index is 4.93. The summed E-state index contributed by atoms with van der Waals surface area (Å²) in [6.07, 6.45) is 8.98. The van der Waals surface area contributed by atoms with E-state index in [1.165, 1.54) is 48.1 Å². The minimum absolute atomic E-state index is 0.778. The van der Waals surface area contributed by atoms with Crippen LogP contribution >= 0.6 is 0 Å². The van der Waals surface area contributed by atoms with Crippen molar-refractivity contribution < 1.29 is 0 Å². The predicted octanol–water partition coefficient (Wildman–Crippen LogP) is 2.76. The molecule has 2 aromatic rings. The van der Waals surface area contributed by atoms with Crippen molar-refractivity contribution in [1.29, 1.82) is 0 Å². The van der Waals surface area contributed by atoms with Gasteiger partial charge in [-0.2, -0.15) is 0 Å². The fraction of sp³-hybridized carbons (Fsp3) is 0.353. The summed E-state index contributed by atoms with van der Waals surface area (Å²) < 4.78 is 0. The zero-order chi connectivity index (χ0) is 11.9. The fourth-order valence-corrected chi connectivity index (χ4v) is 3.47. The first kappa shape index (κ1) is 10.3. The zero-order valence-electron chi connectivity index (χ0n) is 10.5. The van der Waals surface area contributed by atoms with Crippen molar-refractivity contribution in [2.24, 2.45) is 5.92 Å². The van der Waals surface area contributed by atoms with Crippen molar-refractivity contribution in [2.45, 2.75) is 32.1 Å². The quantitative estimate of drug-likeness (QED) is 0.684. The first-order valence-corrected chi connectivity index (χ1v) is 7.01. The first-order valence-electron chi connectivity index (χ1n) is 7.01. The van der Waals surface area contributed by atoms with Gasteiger partial charge >= 0.3 is 0 Å². The van der Waals surface area contributed by atoms with Gasteiger partial charge in [-0.05, 0) is 54.5 Å². The van der Waals surface area contributed by atoms with Crippen LogP contribution in [0, 0.1) is 5.92 Å². The Morgan fingerprint density at radius 1 is 1.11 bits per heavy atom. The SMILES string of the molecule is C1=c2cc3ccccc3nc2=C2CCCCC2C1. The number of rotatable bonds is 0. The molecule has 0 spiro atoms. The maximum atomic E-state index is 4.93. The van der Waals surface area contributed by atoms with E-state index in [4.69, 9.17) is 4.98 Å². The maximum Gasteiger partial charge on any atom is 0.0709 e. The number of nitrogens with zero attached hydrogens (tertiary/aromatic N) is 1. The molecule has 4 rings (SSSR count). The van der Waals surface area contributed by atoms with Gasteiger partial charge < -0.3 is 0 Å². The molecule has 0 saturated heterocycles. The van der Waals surface area contributed by atoms with Crippen LogP contribution in [0.4, 0.5) is 0 Å². The Hall–Kier alpha value is -1.63. The molecule has 0 N–H and O–H groups in total. The van der Waals surface area contributed by atoms with Crippen LogP contribution in [0.1, 0.15) is 32.1 Å². The Balaban J connectivity index is 2.09. The van der Waals surface area contributed by atoms with Crippen LogP contribution in [0.5, 0.6) is 0 Å². The van der Waals surface area contributed by atoms with E-state index in [1.807, 2.05) is 0 Å². The normalized spacial score (nSPS) is 22.2. The number of aromatic nitrogens is 1. The van der Waals surface area contributed by atoms with Crippen LogP contribution in [-0.4, -0.2) is 4.98 Å². The Labute approximate surface area is 107 Å². The summed E-state index contributed by atoms with van der Waals surface area (Å²) in [5.74, 6) is 0.778. The lowest BCUT2D eigenvalue weighted by atomic mass is 9.79. The molecule has 1 heteroatoms. The number of hydrogen-bond donors (Lipinski definition) is 0. The van der Waals surface area contributed by atoms with Crippen molar-refractivity contribution in [3.8, 4) is 0 Å². The first-order chi connectivity index (χ1) is 8.92. The van der Waals surface area contributed by atoms with Crippen molar-refractivity contribution in [1.82, 2.24) is 4.98 Å². The van der Waals surface area contributed by atoms with E-state index >= 15 is 0 Å². The molecule has 18 heavy (non-hydrogen) atoms. The molecule has 1 atom stereocenters. The van der Waals surface area contributed by atoms with E-state index in [0.717, 1.165) is 11.4 Å². The smallest absolute Gasteiger partial charge is 0.0709 e. The van der Waals surface area contributed by atoms with Gasteiger partial charge in [-0.25, -0.2) is 4.98 Å². The van der Waals surface area contributed by atoms with Gasteiger partial charge in [0.2, 0.25) is 0 Å². The van der Waals surface area contributed by atoms with E-state index < -0.39 is 0 Å². The highest BCUT2D eigenvalue weighted by molar-refractivity contribution is 5.79. The van der Waals surface area contributed by atoms with E-state index in [2.05, 4.69) is 36.4 Å². The van der Waals surface area contributed by atoms with Gasteiger partial charge in [0.05, 0.1) is 10.9 Å². The Bertz CT molecular complexity index is 727. The van der Waals surface area contributed by atoms with Crippen LogP contribution in [0.2, 0.25) is 0 Å². The number of para-hydroxylation sites is 1. The lowest BCUT2D eigenvalue weighted by Crippen LogP contribution is -2.36. The molecule has 0 aliphatic heterocycles. The summed E-state index contributed by atoms with van der Waals surface area (Å²) in [7, 11) is 0. The molecule has 1 unspecified atom stereocenters. The second-order valence-corrected chi connectivity index (χ2v) is 5.53. The lowest BCUT2D eigenvalue weighted by Gasteiger charge is -2.26. The van der Waals surface area contributed by atoms with Gasteiger partial charge in [0.1, 0.15) is 0 Å². The third-order valence-electron chi connectivity index (χ3n) is 4.42. The topological polar surface area (TPSA) is 12.9 Å². The average Bonchev–Trinajstić information content (AvgIpc) is 2.45. The number of hydrogen-bond acceptors (Lipinski definition) is 1. The summed E-state index contributed by atoms with van der Waals surface area (Å²) in [6, 6.07) is 10.8. The molecule has 0 amide bonds. The van der Waals surface area contributed by atoms with Gasteiger partial charge in [-0.1, -0.05) is 30.7 Å². The molecule has 1 aromatic heterocycles. The molecule has 1 aromatic carbocycles. The van der Waals surface area contributed by atoms with Crippen molar-refractivity contribution in [2.75, 3.05) is 0 Å². The molecular formula is C17H17N. The highest BCUT2D eigenvalue weighted by Gasteiger charge is 2.21. The highest BCUT2D eigenvalue weighted by atomic mass is 14.7. The van der Waals surface area contributed by atoms with Gasteiger partial charge in [-0.15, -0.1) is 0 Å². The largest absolute Gasteiger partial charge is 0.248 e. The second-order valence-electron chi connectivity index (χ2n) is 5.53. The van der Waals surface area contributed by atoms with E-state index in [9.17, 15) is 0 Å². The highest BCUT2D eigenvalue weighted by Crippen LogP contribution is 2.33. The monoisotopic (exact) mass is 235 g/mol. The third-order valence-corrected chi connectivity index (χ3v) is 4.42. The second kappa shape index (κ2) is 3.94. The molecule has 0 radical (unpaired) electrons. The van der Waals surface area contributed by atoms with Crippen LogP contribution in [0.25, 0.3) is 22.6 Å². The van der Waals surface area contributed by atoms with Crippen molar-refractivity contribution in [3.63, 3.8) is 0 Å². The molecule has 2 aliphatic rings. The van der Waals surface area contributed by atoms with Crippen LogP contribution < -0.4 is 10.6 Å². The van der Waals surface area contributed by atoms with Gasteiger partial charge in [-0.3, -0.25) is 0 Å². The summed E-state index contributed by atoms with van der Waals surface area (Å²) in [4.78, 5) is 4.93. The van der Waals surface area contributed by atoms with Crippen molar-refractivity contribution in [3.05, 3.63) is 40.9 Å². The zero-order valence-corrected chi connectivity index (χ0v) is 10.5. The van der Waals surface area contributed by atoms with Crippen LogP contribution in [0.3, 0.4) is 0 Å². The number of fused-ring (bicyclic) bond motifs is 3. The Morgan fingerprint density at radius 2 is 2.06 bits per heavy atom. The summed E-state index contributed by atoms with van der Waals surface area (Å²) in [5.41, 5.74) is 2.77. The molecule has 1 nitrogen and oxygen atoms in total. The summed E-state index contributed by atoms with van der Waals surface area (Å²) in [5, 5.41) is 3.92. The minimum atomic E-state index is 0.778. The van der Waals surface area contributed by atoms with Crippen LogP contribution in [0.15, 0.2) is 30.3 Å². The average molecular weight is 235 g/mol. The van der Waals surface area contributed by atoms with E-state index in [-0.39, 0.29) is 0 Å². The number of benzene rings is 1. The molecule has 2 aliphatic carbocycles. The summed E-state index contributed by atoms with van der Waals surface area (Å²) >= 11 is 0.